The van der Waals surface area contributed by atoms with Crippen LogP contribution in [-0.2, 0) is 10.0 Å². The summed E-state index contributed by atoms with van der Waals surface area (Å²) >= 11 is 0. The lowest BCUT2D eigenvalue weighted by Gasteiger charge is -2.11. The zero-order valence-corrected chi connectivity index (χ0v) is 22.7. The van der Waals surface area contributed by atoms with E-state index in [1.54, 1.807) is 44.2 Å². The van der Waals surface area contributed by atoms with Crippen LogP contribution >= 0.6 is 0 Å². The van der Waals surface area contributed by atoms with Gasteiger partial charge >= 0.3 is 11.4 Å². The van der Waals surface area contributed by atoms with E-state index in [1.165, 1.54) is 24.3 Å². The van der Waals surface area contributed by atoms with Crippen molar-refractivity contribution in [2.24, 2.45) is 0 Å². The summed E-state index contributed by atoms with van der Waals surface area (Å²) in [5.74, 6) is -0.973. The number of anilines is 4. The maximum Gasteiger partial charge on any atom is 0.300 e. The van der Waals surface area contributed by atoms with E-state index in [4.69, 9.17) is 0 Å². The van der Waals surface area contributed by atoms with Crippen molar-refractivity contribution in [3.63, 3.8) is 0 Å². The number of benzene rings is 3. The molecule has 0 aliphatic carbocycles. The number of rotatable bonds is 9. The number of nitrogens with one attached hydrogen (secondary N) is 3. The molecule has 4 aromatic rings. The molecule has 1 amide bonds. The van der Waals surface area contributed by atoms with E-state index >= 15 is 0 Å². The first-order valence-corrected chi connectivity index (χ1v) is 13.4. The molecule has 3 N–H and O–H groups in total. The maximum absolute atomic E-state index is 12.9. The monoisotopic (exact) mass is 577 g/mol. The number of hydrogen-bond donors (Lipinski definition) is 3. The van der Waals surface area contributed by atoms with Gasteiger partial charge in [0.2, 0.25) is 5.95 Å². The predicted octanol–water partition coefficient (Wildman–Crippen LogP) is 5.01. The summed E-state index contributed by atoms with van der Waals surface area (Å²) in [6.45, 7) is 5.23. The molecule has 0 fully saturated rings. The first-order chi connectivity index (χ1) is 19.3. The molecule has 0 saturated heterocycles. The molecular weight excluding hydrogens is 554 g/mol. The number of carbonyl (C=O) groups excluding carboxylic acids is 1. The van der Waals surface area contributed by atoms with Gasteiger partial charge in [-0.2, -0.15) is 0 Å². The Labute approximate surface area is 233 Å². The van der Waals surface area contributed by atoms with Crippen LogP contribution in [0.4, 0.5) is 34.4 Å². The van der Waals surface area contributed by atoms with Crippen LogP contribution in [0.1, 0.15) is 27.3 Å². The van der Waals surface area contributed by atoms with E-state index in [-0.39, 0.29) is 27.8 Å². The zero-order chi connectivity index (χ0) is 29.9. The SMILES string of the molecule is Cc1ccc(Nc2c([N+](=O)[O-])cc(C(=O)Nc3ccc(S(=O)(=O)Nc4nc(C)cc(C)n4)cc3)cc2[N+](=O)[O-])cc1. The van der Waals surface area contributed by atoms with Gasteiger partial charge in [-0.15, -0.1) is 0 Å². The summed E-state index contributed by atoms with van der Waals surface area (Å²) in [5.41, 5.74) is 0.524. The molecule has 15 heteroatoms. The molecule has 210 valence electrons. The van der Waals surface area contributed by atoms with Gasteiger partial charge in [0, 0.05) is 34.9 Å². The number of hydrogen-bond acceptors (Lipinski definition) is 10. The van der Waals surface area contributed by atoms with E-state index in [0.29, 0.717) is 17.1 Å². The van der Waals surface area contributed by atoms with Gasteiger partial charge in [0.15, 0.2) is 5.69 Å². The Morgan fingerprint density at radius 3 is 1.80 bits per heavy atom. The Morgan fingerprint density at radius 1 is 0.780 bits per heavy atom. The Kier molecular flexibility index (Phi) is 7.91. The van der Waals surface area contributed by atoms with E-state index < -0.39 is 37.2 Å². The lowest BCUT2D eigenvalue weighted by atomic mass is 10.1. The standard InChI is InChI=1S/C26H23N7O7S/c1-15-4-6-19(7-5-15)29-24-22(32(35)36)13-18(14-23(24)33(37)38)25(34)30-20-8-10-21(11-9-20)41(39,40)31-26-27-16(2)12-17(3)28-26/h4-14,29H,1-3H3,(H,30,34)(H,27,28,31). The van der Waals surface area contributed by atoms with Gasteiger partial charge in [-0.05, 0) is 63.2 Å². The van der Waals surface area contributed by atoms with E-state index in [9.17, 15) is 33.4 Å². The number of sulfonamides is 1. The average Bonchev–Trinajstić information content (AvgIpc) is 2.89. The van der Waals surface area contributed by atoms with Crippen LogP contribution in [0.3, 0.4) is 0 Å². The second-order valence-corrected chi connectivity index (χ2v) is 10.6. The van der Waals surface area contributed by atoms with Crippen molar-refractivity contribution in [3.8, 4) is 0 Å². The largest absolute Gasteiger partial charge is 0.344 e. The molecular formula is C26H23N7O7S. The molecule has 1 aromatic heterocycles. The van der Waals surface area contributed by atoms with Crippen LogP contribution in [-0.4, -0.2) is 34.1 Å². The summed E-state index contributed by atoms with van der Waals surface area (Å²) < 4.78 is 27.8. The van der Waals surface area contributed by atoms with Crippen molar-refractivity contribution in [3.05, 3.63) is 109 Å². The van der Waals surface area contributed by atoms with Gasteiger partial charge < -0.3 is 10.6 Å². The van der Waals surface area contributed by atoms with E-state index in [2.05, 4.69) is 25.3 Å². The fourth-order valence-electron chi connectivity index (χ4n) is 3.81. The smallest absolute Gasteiger partial charge is 0.300 e. The molecule has 4 rings (SSSR count). The van der Waals surface area contributed by atoms with E-state index in [0.717, 1.165) is 17.7 Å². The van der Waals surface area contributed by atoms with Crippen LogP contribution < -0.4 is 15.4 Å². The lowest BCUT2D eigenvalue weighted by Crippen LogP contribution is -2.16. The summed E-state index contributed by atoms with van der Waals surface area (Å²) in [7, 11) is -4.05. The summed E-state index contributed by atoms with van der Waals surface area (Å²) in [4.78, 5) is 42.9. The highest BCUT2D eigenvalue weighted by molar-refractivity contribution is 7.92. The third-order valence-electron chi connectivity index (χ3n) is 5.70. The number of carbonyl (C=O) groups is 1. The molecule has 14 nitrogen and oxygen atoms in total. The van der Waals surface area contributed by atoms with Gasteiger partial charge in [-0.1, -0.05) is 17.7 Å². The average molecular weight is 578 g/mol. The fourth-order valence-corrected chi connectivity index (χ4v) is 4.76. The van der Waals surface area contributed by atoms with Crippen molar-refractivity contribution in [1.29, 1.82) is 0 Å². The molecule has 0 spiro atoms. The van der Waals surface area contributed by atoms with Crippen molar-refractivity contribution in [2.75, 3.05) is 15.4 Å². The minimum atomic E-state index is -4.05. The summed E-state index contributed by atoms with van der Waals surface area (Å²) in [6.07, 6.45) is 0. The third kappa shape index (κ3) is 6.77. The van der Waals surface area contributed by atoms with Crippen LogP contribution in [0, 0.1) is 41.0 Å². The quantitative estimate of drug-likeness (QED) is 0.179. The van der Waals surface area contributed by atoms with Crippen molar-refractivity contribution in [1.82, 2.24) is 9.97 Å². The topological polar surface area (TPSA) is 199 Å². The van der Waals surface area contributed by atoms with Gasteiger partial charge in [-0.25, -0.2) is 23.1 Å². The number of nitro groups is 2. The molecule has 41 heavy (non-hydrogen) atoms. The highest BCUT2D eigenvalue weighted by Crippen LogP contribution is 2.38. The minimum Gasteiger partial charge on any atom is -0.344 e. The normalized spacial score (nSPS) is 11.0. The summed E-state index contributed by atoms with van der Waals surface area (Å²) in [5, 5.41) is 28.8. The van der Waals surface area contributed by atoms with Crippen LogP contribution in [0.25, 0.3) is 0 Å². The molecule has 0 bridgehead atoms. The Bertz CT molecular complexity index is 1720. The van der Waals surface area contributed by atoms with Gasteiger partial charge in [0.05, 0.1) is 20.3 Å². The lowest BCUT2D eigenvalue weighted by molar-refractivity contribution is -0.392. The molecule has 1 heterocycles. The molecule has 0 radical (unpaired) electrons. The second kappa shape index (κ2) is 11.4. The Balaban J connectivity index is 1.58. The minimum absolute atomic E-state index is 0.0941. The first-order valence-electron chi connectivity index (χ1n) is 11.9. The number of amides is 1. The first kappa shape index (κ1) is 28.6. The Hall–Kier alpha value is -5.44. The van der Waals surface area contributed by atoms with Gasteiger partial charge in [0.1, 0.15) is 0 Å². The van der Waals surface area contributed by atoms with Crippen LogP contribution in [0.5, 0.6) is 0 Å². The summed E-state index contributed by atoms with van der Waals surface area (Å²) in [6, 6.07) is 15.2. The van der Waals surface area contributed by atoms with Crippen molar-refractivity contribution < 1.29 is 23.1 Å². The molecule has 0 aliphatic rings. The number of nitro benzene ring substituents is 2. The highest BCUT2D eigenvalue weighted by Gasteiger charge is 2.29. The molecule has 0 aliphatic heterocycles. The van der Waals surface area contributed by atoms with Crippen molar-refractivity contribution in [2.45, 2.75) is 25.7 Å². The Morgan fingerprint density at radius 2 is 1.29 bits per heavy atom. The predicted molar refractivity (Wildman–Crippen MR) is 151 cm³/mol. The number of nitrogens with zero attached hydrogens (tertiary/aromatic N) is 4. The van der Waals surface area contributed by atoms with Crippen LogP contribution in [0.15, 0.2) is 71.6 Å². The van der Waals surface area contributed by atoms with E-state index in [1.807, 2.05) is 6.92 Å². The van der Waals surface area contributed by atoms with Crippen molar-refractivity contribution >= 4 is 50.3 Å². The van der Waals surface area contributed by atoms with Crippen LogP contribution in [0.2, 0.25) is 0 Å². The van der Waals surface area contributed by atoms with Gasteiger partial charge in [0.25, 0.3) is 15.9 Å². The number of aryl methyl sites for hydroxylation is 3. The molecule has 0 unspecified atom stereocenters. The molecule has 0 saturated carbocycles. The maximum atomic E-state index is 12.9. The molecule has 3 aromatic carbocycles. The second-order valence-electron chi connectivity index (χ2n) is 8.95. The zero-order valence-electron chi connectivity index (χ0n) is 21.9. The fraction of sp³-hybridized carbons (Fsp3) is 0.115. The highest BCUT2D eigenvalue weighted by atomic mass is 32.2. The molecule has 0 atom stereocenters. The number of aromatic nitrogens is 2. The third-order valence-corrected chi connectivity index (χ3v) is 7.05. The van der Waals surface area contributed by atoms with Gasteiger partial charge in [-0.3, -0.25) is 25.0 Å².